The van der Waals surface area contributed by atoms with Crippen LogP contribution < -0.4 is 4.74 Å². The van der Waals surface area contributed by atoms with Crippen LogP contribution in [0.4, 0.5) is 0 Å². The second kappa shape index (κ2) is 8.19. The minimum atomic E-state index is -0.437. The highest BCUT2D eigenvalue weighted by Crippen LogP contribution is 2.22. The number of rotatable bonds is 7. The fraction of sp³-hybridized carbons (Fsp3) is 0.400. The van der Waals surface area contributed by atoms with Gasteiger partial charge in [0.15, 0.2) is 5.78 Å². The molecule has 1 heterocycles. The normalized spacial score (nSPS) is 10.9. The number of aryl methyl sites for hydroxylation is 2. The molecule has 0 saturated carbocycles. The molecule has 140 valence electrons. The lowest BCUT2D eigenvalue weighted by Gasteiger charge is -2.18. The first kappa shape index (κ1) is 19.7. The van der Waals surface area contributed by atoms with Crippen LogP contribution in [-0.2, 0) is 11.3 Å². The number of nitrogens with one attached hydrogen (secondary N) is 1. The Morgan fingerprint density at radius 3 is 2.46 bits per heavy atom. The van der Waals surface area contributed by atoms with Gasteiger partial charge in [-0.15, -0.1) is 0 Å². The first-order valence-electron chi connectivity index (χ1n) is 8.41. The molecule has 2 aromatic rings. The predicted molar refractivity (Wildman–Crippen MR) is 100 cm³/mol. The number of aromatic nitrogens is 1. The van der Waals surface area contributed by atoms with Gasteiger partial charge in [-0.25, -0.2) is 4.79 Å². The summed E-state index contributed by atoms with van der Waals surface area (Å²) in [6.45, 7) is 6.34. The molecule has 0 saturated heterocycles. The molecule has 0 aliphatic rings. The number of ketones is 1. The van der Waals surface area contributed by atoms with E-state index in [1.807, 2.05) is 31.0 Å². The maximum atomic E-state index is 12.7. The van der Waals surface area contributed by atoms with Crippen molar-refractivity contribution in [3.63, 3.8) is 0 Å². The molecular weight excluding hydrogens is 332 g/mol. The molecule has 0 bridgehead atoms. The molecule has 0 radical (unpaired) electrons. The van der Waals surface area contributed by atoms with E-state index in [2.05, 4.69) is 11.1 Å². The zero-order valence-electron chi connectivity index (χ0n) is 16.2. The molecule has 0 spiro atoms. The highest BCUT2D eigenvalue weighted by Gasteiger charge is 2.23. The van der Waals surface area contributed by atoms with Gasteiger partial charge in [-0.2, -0.15) is 0 Å². The molecule has 26 heavy (non-hydrogen) atoms. The second-order valence-corrected chi connectivity index (χ2v) is 6.53. The monoisotopic (exact) mass is 358 g/mol. The lowest BCUT2D eigenvalue weighted by Crippen LogP contribution is -2.26. The molecule has 1 aromatic heterocycles. The van der Waals surface area contributed by atoms with E-state index in [0.29, 0.717) is 29.1 Å². The second-order valence-electron chi connectivity index (χ2n) is 6.53. The fourth-order valence-corrected chi connectivity index (χ4v) is 3.14. The Morgan fingerprint density at radius 1 is 1.15 bits per heavy atom. The number of likely N-dealkylation sites (N-methyl/N-ethyl adjacent to an activating group) is 1. The number of carbonyl (C=O) groups excluding carboxylic acids is 2. The molecule has 0 atom stereocenters. The molecule has 6 nitrogen and oxygen atoms in total. The number of ether oxygens (including phenoxy) is 2. The quantitative estimate of drug-likeness (QED) is 0.608. The number of nitrogens with zero attached hydrogens (tertiary/aromatic N) is 1. The Balaban J connectivity index is 2.15. The average molecular weight is 358 g/mol. The third-order valence-electron chi connectivity index (χ3n) is 4.40. The number of carbonyl (C=O) groups is 2. The maximum Gasteiger partial charge on any atom is 0.339 e. The highest BCUT2D eigenvalue weighted by molar-refractivity contribution is 6.02. The Labute approximate surface area is 154 Å². The van der Waals surface area contributed by atoms with Crippen molar-refractivity contribution in [1.82, 2.24) is 9.88 Å². The summed E-state index contributed by atoms with van der Waals surface area (Å²) >= 11 is 0. The van der Waals surface area contributed by atoms with Crippen LogP contribution in [0.5, 0.6) is 5.75 Å². The van der Waals surface area contributed by atoms with E-state index < -0.39 is 5.97 Å². The zero-order chi connectivity index (χ0) is 19.4. The van der Waals surface area contributed by atoms with E-state index in [1.54, 1.807) is 21.0 Å². The highest BCUT2D eigenvalue weighted by atomic mass is 16.5. The molecule has 0 aliphatic heterocycles. The summed E-state index contributed by atoms with van der Waals surface area (Å²) in [4.78, 5) is 29.5. The first-order valence-corrected chi connectivity index (χ1v) is 8.41. The molecule has 1 aromatic carbocycles. The van der Waals surface area contributed by atoms with Crippen LogP contribution in [0.3, 0.4) is 0 Å². The van der Waals surface area contributed by atoms with Crippen LogP contribution in [-0.4, -0.2) is 49.4 Å². The van der Waals surface area contributed by atoms with Gasteiger partial charge in [-0.3, -0.25) is 9.69 Å². The Kier molecular flexibility index (Phi) is 6.21. The van der Waals surface area contributed by atoms with Crippen LogP contribution in [0.15, 0.2) is 18.2 Å². The number of Topliss-reactive ketones (excluding diaryl/α,β-unsaturated/α-hetero) is 1. The Bertz CT molecular complexity index is 823. The lowest BCUT2D eigenvalue weighted by atomic mass is 10.1. The first-order chi connectivity index (χ1) is 12.3. The summed E-state index contributed by atoms with van der Waals surface area (Å²) in [5, 5.41) is 0. The van der Waals surface area contributed by atoms with Crippen LogP contribution in [0.1, 0.15) is 43.2 Å². The van der Waals surface area contributed by atoms with Gasteiger partial charge in [0.05, 0.1) is 32.0 Å². The summed E-state index contributed by atoms with van der Waals surface area (Å²) in [7, 11) is 4.85. The van der Waals surface area contributed by atoms with Crippen LogP contribution >= 0.6 is 0 Å². The van der Waals surface area contributed by atoms with E-state index in [9.17, 15) is 9.59 Å². The lowest BCUT2D eigenvalue weighted by molar-refractivity contribution is 0.0599. The van der Waals surface area contributed by atoms with E-state index >= 15 is 0 Å². The smallest absolute Gasteiger partial charge is 0.339 e. The summed E-state index contributed by atoms with van der Waals surface area (Å²) in [6, 6.07) is 5.98. The molecule has 1 N–H and O–H groups in total. The number of benzene rings is 1. The summed E-state index contributed by atoms with van der Waals surface area (Å²) in [5.41, 5.74) is 4.31. The molecule has 0 aliphatic carbocycles. The van der Waals surface area contributed by atoms with Crippen LogP contribution in [0, 0.1) is 20.8 Å². The standard InChI is InChI=1S/C20H26N2O4/c1-12-7-8-17(25-5)15(9-12)10-22(4)11-16(23)19-13(2)18(14(3)21-19)20(24)26-6/h7-9,21H,10-11H2,1-6H3. The number of hydrogen-bond donors (Lipinski definition) is 1. The summed E-state index contributed by atoms with van der Waals surface area (Å²) in [5.74, 6) is 0.290. The molecule has 0 amide bonds. The molecule has 0 unspecified atom stereocenters. The van der Waals surface area contributed by atoms with E-state index in [1.165, 1.54) is 7.11 Å². The van der Waals surface area contributed by atoms with Crippen molar-refractivity contribution < 1.29 is 19.1 Å². The van der Waals surface area contributed by atoms with Gasteiger partial charge < -0.3 is 14.5 Å². The number of H-pyrrole nitrogens is 1. The number of hydrogen-bond acceptors (Lipinski definition) is 5. The number of esters is 1. The van der Waals surface area contributed by atoms with Gasteiger partial charge >= 0.3 is 5.97 Å². The maximum absolute atomic E-state index is 12.7. The van der Waals surface area contributed by atoms with Crippen LogP contribution in [0.25, 0.3) is 0 Å². The average Bonchev–Trinajstić information content (AvgIpc) is 2.89. The fourth-order valence-electron chi connectivity index (χ4n) is 3.14. The third-order valence-corrected chi connectivity index (χ3v) is 4.40. The predicted octanol–water partition coefficient (Wildman–Crippen LogP) is 3.05. The van der Waals surface area contributed by atoms with Crippen molar-refractivity contribution in [2.24, 2.45) is 0 Å². The van der Waals surface area contributed by atoms with Gasteiger partial charge in [0.2, 0.25) is 0 Å². The van der Waals surface area contributed by atoms with Gasteiger partial charge in [0, 0.05) is 17.8 Å². The van der Waals surface area contributed by atoms with E-state index in [4.69, 9.17) is 9.47 Å². The van der Waals surface area contributed by atoms with Crippen molar-refractivity contribution in [2.75, 3.05) is 27.8 Å². The Hall–Kier alpha value is -2.60. The third kappa shape index (κ3) is 4.14. The molecule has 6 heteroatoms. The van der Waals surface area contributed by atoms with E-state index in [0.717, 1.165) is 16.9 Å². The minimum Gasteiger partial charge on any atom is -0.496 e. The van der Waals surface area contributed by atoms with Crippen LogP contribution in [0.2, 0.25) is 0 Å². The van der Waals surface area contributed by atoms with Gasteiger partial charge in [-0.05, 0) is 39.4 Å². The SMILES string of the molecule is COC(=O)c1c(C)[nH]c(C(=O)CN(C)Cc2cc(C)ccc2OC)c1C. The van der Waals surface area contributed by atoms with Gasteiger partial charge in [0.1, 0.15) is 5.75 Å². The van der Waals surface area contributed by atoms with Gasteiger partial charge in [0.25, 0.3) is 0 Å². The van der Waals surface area contributed by atoms with Crippen molar-refractivity contribution in [3.05, 3.63) is 51.8 Å². The minimum absolute atomic E-state index is 0.0742. The van der Waals surface area contributed by atoms with Gasteiger partial charge in [-0.1, -0.05) is 17.7 Å². The molecule has 2 rings (SSSR count). The molecular formula is C20H26N2O4. The summed E-state index contributed by atoms with van der Waals surface area (Å²) < 4.78 is 10.2. The summed E-state index contributed by atoms with van der Waals surface area (Å²) in [6.07, 6.45) is 0. The Morgan fingerprint density at radius 2 is 1.85 bits per heavy atom. The van der Waals surface area contributed by atoms with Crippen molar-refractivity contribution in [1.29, 1.82) is 0 Å². The largest absolute Gasteiger partial charge is 0.496 e. The number of aromatic amines is 1. The number of methoxy groups -OCH3 is 2. The van der Waals surface area contributed by atoms with Crippen molar-refractivity contribution in [2.45, 2.75) is 27.3 Å². The topological polar surface area (TPSA) is 71.6 Å². The van der Waals surface area contributed by atoms with Crippen molar-refractivity contribution >= 4 is 11.8 Å². The van der Waals surface area contributed by atoms with E-state index in [-0.39, 0.29) is 12.3 Å². The van der Waals surface area contributed by atoms with Crippen molar-refractivity contribution in [3.8, 4) is 5.75 Å². The zero-order valence-corrected chi connectivity index (χ0v) is 16.2. The molecule has 0 fully saturated rings.